The van der Waals surface area contributed by atoms with E-state index in [1.54, 1.807) is 7.11 Å². The van der Waals surface area contributed by atoms with Crippen molar-refractivity contribution in [3.63, 3.8) is 0 Å². The summed E-state index contributed by atoms with van der Waals surface area (Å²) in [6, 6.07) is 4.23. The molecular formula is C28H39ClFN7O3. The monoisotopic (exact) mass is 575 g/mol. The largest absolute Gasteiger partial charge is 0.494 e. The smallest absolute Gasteiger partial charge is 0.247 e. The highest BCUT2D eigenvalue weighted by Gasteiger charge is 2.25. The van der Waals surface area contributed by atoms with Gasteiger partial charge in [-0.15, -0.1) is 0 Å². The van der Waals surface area contributed by atoms with Gasteiger partial charge in [0, 0.05) is 38.3 Å². The van der Waals surface area contributed by atoms with E-state index in [0.717, 1.165) is 51.0 Å². The first kappa shape index (κ1) is 29.8. The molecule has 0 aliphatic carbocycles. The van der Waals surface area contributed by atoms with Gasteiger partial charge in [0.05, 0.1) is 30.4 Å². The zero-order chi connectivity index (χ0) is 28.6. The molecule has 0 radical (unpaired) electrons. The van der Waals surface area contributed by atoms with Crippen LogP contribution in [0.3, 0.4) is 0 Å². The van der Waals surface area contributed by atoms with Crippen LogP contribution in [-0.2, 0) is 4.79 Å². The summed E-state index contributed by atoms with van der Waals surface area (Å²) in [6.45, 7) is 6.75. The van der Waals surface area contributed by atoms with Crippen LogP contribution in [-0.4, -0.2) is 98.4 Å². The standard InChI is InChI=1S/C28H39ClFN7O3/c1-5-26(38)32-22-15-23(25(39-4)16-24(22)37-12-8-19(9-13-37)35(2)3)33-28-31-17-21(29)27(34-28)40-20-7-6-11-36(18-20)14-10-30/h5,15-17,19-20H,1,6-14,18H2,2-4H3,(H,32,38)(H,31,33,34)/t20-/m0/s1. The topological polar surface area (TPSA) is 95.1 Å². The molecule has 0 unspecified atom stereocenters. The quantitative estimate of drug-likeness (QED) is 0.379. The van der Waals surface area contributed by atoms with E-state index in [-0.39, 0.29) is 35.5 Å². The Morgan fingerprint density at radius 3 is 2.70 bits per heavy atom. The molecule has 12 heteroatoms. The van der Waals surface area contributed by atoms with E-state index >= 15 is 0 Å². The van der Waals surface area contributed by atoms with E-state index < -0.39 is 0 Å². The van der Waals surface area contributed by atoms with Crippen LogP contribution < -0.4 is 25.0 Å². The molecule has 1 atom stereocenters. The molecule has 2 aliphatic heterocycles. The fourth-order valence-electron chi connectivity index (χ4n) is 5.21. The Kier molecular flexibility index (Phi) is 10.4. The average molecular weight is 576 g/mol. The molecule has 0 saturated carbocycles. The number of hydrogen-bond donors (Lipinski definition) is 2. The first-order valence-electron chi connectivity index (χ1n) is 13.6. The number of ether oxygens (including phenoxy) is 2. The average Bonchev–Trinajstić information content (AvgIpc) is 2.95. The molecule has 10 nitrogen and oxygen atoms in total. The van der Waals surface area contributed by atoms with Crippen LogP contribution in [0.5, 0.6) is 11.6 Å². The molecule has 2 aliphatic rings. The number of rotatable bonds is 11. The summed E-state index contributed by atoms with van der Waals surface area (Å²) in [6.07, 6.45) is 6.34. The number of methoxy groups -OCH3 is 1. The van der Waals surface area contributed by atoms with Gasteiger partial charge in [0.25, 0.3) is 0 Å². The summed E-state index contributed by atoms with van der Waals surface area (Å²) in [4.78, 5) is 27.7. The van der Waals surface area contributed by atoms with Crippen molar-refractivity contribution < 1.29 is 18.7 Å². The lowest BCUT2D eigenvalue weighted by molar-refractivity contribution is -0.111. The number of likely N-dealkylation sites (tertiary alicyclic amines) is 1. The Morgan fingerprint density at radius 1 is 1.25 bits per heavy atom. The van der Waals surface area contributed by atoms with Crippen LogP contribution in [0.1, 0.15) is 25.7 Å². The lowest BCUT2D eigenvalue weighted by atomic mass is 10.0. The molecule has 40 heavy (non-hydrogen) atoms. The molecular weight excluding hydrogens is 537 g/mol. The maximum atomic E-state index is 12.8. The van der Waals surface area contributed by atoms with Crippen molar-refractivity contribution in [1.29, 1.82) is 0 Å². The van der Waals surface area contributed by atoms with Crippen molar-refractivity contribution in [3.05, 3.63) is 36.0 Å². The van der Waals surface area contributed by atoms with Crippen molar-refractivity contribution in [3.8, 4) is 11.6 Å². The minimum atomic E-state index is -0.390. The highest BCUT2D eigenvalue weighted by Crippen LogP contribution is 2.39. The molecule has 218 valence electrons. The van der Waals surface area contributed by atoms with Crippen LogP contribution in [0, 0.1) is 0 Å². The predicted molar refractivity (Wildman–Crippen MR) is 157 cm³/mol. The maximum Gasteiger partial charge on any atom is 0.247 e. The number of anilines is 4. The third kappa shape index (κ3) is 7.52. The second-order valence-electron chi connectivity index (χ2n) is 10.3. The Morgan fingerprint density at radius 2 is 2.02 bits per heavy atom. The molecule has 2 N–H and O–H groups in total. The van der Waals surface area contributed by atoms with Gasteiger partial charge < -0.3 is 29.9 Å². The lowest BCUT2D eigenvalue weighted by Gasteiger charge is -2.37. The summed E-state index contributed by atoms with van der Waals surface area (Å²) >= 11 is 6.37. The minimum Gasteiger partial charge on any atom is -0.494 e. The van der Waals surface area contributed by atoms with Gasteiger partial charge in [-0.25, -0.2) is 9.37 Å². The summed E-state index contributed by atoms with van der Waals surface area (Å²) < 4.78 is 24.7. The van der Waals surface area contributed by atoms with Crippen LogP contribution in [0.2, 0.25) is 5.02 Å². The third-order valence-corrected chi connectivity index (χ3v) is 7.66. The molecule has 2 aromatic rings. The number of amides is 1. The van der Waals surface area contributed by atoms with Gasteiger partial charge >= 0.3 is 0 Å². The first-order valence-corrected chi connectivity index (χ1v) is 14.0. The van der Waals surface area contributed by atoms with Crippen LogP contribution >= 0.6 is 11.6 Å². The van der Waals surface area contributed by atoms with Gasteiger partial charge in [0.1, 0.15) is 23.6 Å². The zero-order valence-electron chi connectivity index (χ0n) is 23.5. The molecule has 0 bridgehead atoms. The van der Waals surface area contributed by atoms with Gasteiger partial charge in [-0.2, -0.15) is 4.98 Å². The molecule has 1 aromatic heterocycles. The second-order valence-corrected chi connectivity index (χ2v) is 10.7. The van der Waals surface area contributed by atoms with E-state index in [0.29, 0.717) is 36.3 Å². The normalized spacial score (nSPS) is 18.4. The van der Waals surface area contributed by atoms with Crippen molar-refractivity contribution in [2.24, 2.45) is 0 Å². The molecule has 2 saturated heterocycles. The maximum absolute atomic E-state index is 12.8. The summed E-state index contributed by atoms with van der Waals surface area (Å²) in [5.41, 5.74) is 2.05. The third-order valence-electron chi connectivity index (χ3n) is 7.40. The summed E-state index contributed by atoms with van der Waals surface area (Å²) in [5.74, 6) is 0.769. The number of carbonyl (C=O) groups is 1. The number of nitrogens with one attached hydrogen (secondary N) is 2. The van der Waals surface area contributed by atoms with Crippen molar-refractivity contribution in [2.75, 3.05) is 76.1 Å². The number of halogens is 2. The number of carbonyl (C=O) groups excluding carboxylic acids is 1. The number of benzene rings is 1. The second kappa shape index (κ2) is 14.0. The summed E-state index contributed by atoms with van der Waals surface area (Å²) in [5, 5.41) is 6.42. The molecule has 0 spiro atoms. The molecule has 3 heterocycles. The van der Waals surface area contributed by atoms with Crippen LogP contribution in [0.4, 0.5) is 27.4 Å². The Bertz CT molecular complexity index is 1170. The van der Waals surface area contributed by atoms with Crippen molar-refractivity contribution >= 4 is 40.5 Å². The fourth-order valence-corrected chi connectivity index (χ4v) is 5.34. The van der Waals surface area contributed by atoms with E-state index in [9.17, 15) is 9.18 Å². The SMILES string of the molecule is C=CC(=O)Nc1cc(Nc2ncc(Cl)c(O[C@H]3CCCN(CCF)C3)n2)c(OC)cc1N1CCC(N(C)C)CC1. The predicted octanol–water partition coefficient (Wildman–Crippen LogP) is 4.35. The minimum absolute atomic E-state index is 0.147. The van der Waals surface area contributed by atoms with Gasteiger partial charge in [-0.1, -0.05) is 18.2 Å². The Balaban J connectivity index is 1.57. The molecule has 4 rings (SSSR count). The lowest BCUT2D eigenvalue weighted by Crippen LogP contribution is -2.42. The van der Waals surface area contributed by atoms with Crippen LogP contribution in [0.25, 0.3) is 0 Å². The molecule has 1 aromatic carbocycles. The first-order chi connectivity index (χ1) is 19.3. The van der Waals surface area contributed by atoms with Crippen molar-refractivity contribution in [2.45, 2.75) is 37.8 Å². The molecule has 1 amide bonds. The van der Waals surface area contributed by atoms with E-state index in [1.165, 1.54) is 12.3 Å². The molecule has 2 fully saturated rings. The van der Waals surface area contributed by atoms with E-state index in [4.69, 9.17) is 21.1 Å². The van der Waals surface area contributed by atoms with Crippen LogP contribution in [0.15, 0.2) is 31.0 Å². The zero-order valence-corrected chi connectivity index (χ0v) is 24.2. The van der Waals surface area contributed by atoms with E-state index in [1.807, 2.05) is 17.0 Å². The highest BCUT2D eigenvalue weighted by atomic mass is 35.5. The number of piperidine rings is 2. The Labute approximate surface area is 240 Å². The van der Waals surface area contributed by atoms with Gasteiger partial charge in [-0.05, 0) is 58.5 Å². The van der Waals surface area contributed by atoms with Crippen molar-refractivity contribution in [1.82, 2.24) is 19.8 Å². The number of aromatic nitrogens is 2. The number of nitrogens with zero attached hydrogens (tertiary/aromatic N) is 5. The highest BCUT2D eigenvalue weighted by molar-refractivity contribution is 6.31. The van der Waals surface area contributed by atoms with Gasteiger partial charge in [0.2, 0.25) is 17.7 Å². The number of hydrogen-bond acceptors (Lipinski definition) is 9. The van der Waals surface area contributed by atoms with Gasteiger partial charge in [-0.3, -0.25) is 9.69 Å². The fraction of sp³-hybridized carbons (Fsp3) is 0.536. The van der Waals surface area contributed by atoms with Gasteiger partial charge in [0.15, 0.2) is 0 Å². The Hall–Kier alpha value is -3.15. The number of alkyl halides is 1. The van der Waals surface area contributed by atoms with E-state index in [2.05, 4.69) is 51.1 Å². The summed E-state index contributed by atoms with van der Waals surface area (Å²) in [7, 11) is 5.80.